The predicted molar refractivity (Wildman–Crippen MR) is 66.9 cm³/mol. The van der Waals surface area contributed by atoms with E-state index in [-0.39, 0.29) is 0 Å². The highest BCUT2D eigenvalue weighted by molar-refractivity contribution is 5.32. The summed E-state index contributed by atoms with van der Waals surface area (Å²) in [5.41, 5.74) is 3.12. The van der Waals surface area contributed by atoms with Crippen molar-refractivity contribution in [2.45, 2.75) is 19.9 Å². The molecule has 0 aliphatic rings. The molecular weight excluding hydrogens is 196 g/mol. The van der Waals surface area contributed by atoms with E-state index in [2.05, 4.69) is 30.7 Å². The molecule has 0 bridgehead atoms. The second-order valence-electron chi connectivity index (χ2n) is 4.26. The smallest absolute Gasteiger partial charge is 0.0991 e. The molecule has 0 N–H and O–H groups in total. The van der Waals surface area contributed by atoms with Crippen molar-refractivity contribution in [2.24, 2.45) is 0 Å². The van der Waals surface area contributed by atoms with Gasteiger partial charge in [0.05, 0.1) is 11.6 Å². The van der Waals surface area contributed by atoms with Gasteiger partial charge in [-0.3, -0.25) is 0 Å². The zero-order chi connectivity index (χ0) is 12.0. The minimum Gasteiger partial charge on any atom is -0.302 e. The first-order valence-electron chi connectivity index (χ1n) is 5.44. The van der Waals surface area contributed by atoms with Gasteiger partial charge in [-0.2, -0.15) is 5.26 Å². The lowest BCUT2D eigenvalue weighted by atomic mass is 10.1. The summed E-state index contributed by atoms with van der Waals surface area (Å²) in [5.74, 6) is 0. The van der Waals surface area contributed by atoms with Crippen molar-refractivity contribution in [1.82, 2.24) is 4.90 Å². The summed E-state index contributed by atoms with van der Waals surface area (Å²) in [5, 5.41) is 8.80. The van der Waals surface area contributed by atoms with Crippen LogP contribution in [0.1, 0.15) is 24.5 Å². The van der Waals surface area contributed by atoms with Gasteiger partial charge in [0.2, 0.25) is 0 Å². The van der Waals surface area contributed by atoms with Crippen LogP contribution in [0.15, 0.2) is 36.4 Å². The molecule has 16 heavy (non-hydrogen) atoms. The molecule has 1 aromatic carbocycles. The molecule has 0 fully saturated rings. The van der Waals surface area contributed by atoms with E-state index >= 15 is 0 Å². The summed E-state index contributed by atoms with van der Waals surface area (Å²) in [4.78, 5) is 2.24. The van der Waals surface area contributed by atoms with Gasteiger partial charge in [0, 0.05) is 13.1 Å². The van der Waals surface area contributed by atoms with Crippen LogP contribution in [0.25, 0.3) is 0 Å². The van der Waals surface area contributed by atoms with Gasteiger partial charge >= 0.3 is 0 Å². The number of hydrogen-bond donors (Lipinski definition) is 0. The van der Waals surface area contributed by atoms with Gasteiger partial charge in [0.15, 0.2) is 0 Å². The quantitative estimate of drug-likeness (QED) is 0.705. The lowest BCUT2D eigenvalue weighted by Gasteiger charge is -2.16. The van der Waals surface area contributed by atoms with Gasteiger partial charge in [-0.15, -0.1) is 6.58 Å². The lowest BCUT2D eigenvalue weighted by molar-refractivity contribution is 0.331. The molecule has 0 atom stereocenters. The first-order valence-corrected chi connectivity index (χ1v) is 5.44. The van der Waals surface area contributed by atoms with Gasteiger partial charge < -0.3 is 4.90 Å². The van der Waals surface area contributed by atoms with E-state index in [4.69, 9.17) is 5.26 Å². The van der Waals surface area contributed by atoms with Crippen molar-refractivity contribution < 1.29 is 0 Å². The normalized spacial score (nSPS) is 10.1. The number of hydrogen-bond acceptors (Lipinski definition) is 2. The third kappa shape index (κ3) is 4.29. The Labute approximate surface area is 97.8 Å². The van der Waals surface area contributed by atoms with Crippen LogP contribution in [0.4, 0.5) is 0 Å². The molecule has 0 aliphatic carbocycles. The highest BCUT2D eigenvalue weighted by Gasteiger charge is 2.01. The summed E-state index contributed by atoms with van der Waals surface area (Å²) in [7, 11) is 2.09. The predicted octanol–water partition coefficient (Wildman–Crippen LogP) is 2.96. The molecule has 1 rings (SSSR count). The largest absolute Gasteiger partial charge is 0.302 e. The molecule has 2 heteroatoms. The van der Waals surface area contributed by atoms with Crippen molar-refractivity contribution in [3.63, 3.8) is 0 Å². The molecule has 0 radical (unpaired) electrons. The molecule has 0 spiro atoms. The van der Waals surface area contributed by atoms with Gasteiger partial charge in [0.1, 0.15) is 0 Å². The van der Waals surface area contributed by atoms with E-state index < -0.39 is 0 Å². The summed E-state index contributed by atoms with van der Waals surface area (Å²) >= 11 is 0. The Hall–Kier alpha value is -1.59. The second kappa shape index (κ2) is 6.09. The van der Waals surface area contributed by atoms with Crippen LogP contribution in [0, 0.1) is 11.3 Å². The van der Waals surface area contributed by atoms with Crippen LogP contribution >= 0.6 is 0 Å². The van der Waals surface area contributed by atoms with E-state index in [0.717, 1.165) is 25.1 Å². The summed E-state index contributed by atoms with van der Waals surface area (Å²) in [6.45, 7) is 7.82. The van der Waals surface area contributed by atoms with E-state index in [1.54, 1.807) is 0 Å². The van der Waals surface area contributed by atoms with Gasteiger partial charge in [-0.1, -0.05) is 17.7 Å². The Morgan fingerprint density at radius 2 is 2.25 bits per heavy atom. The van der Waals surface area contributed by atoms with Crippen molar-refractivity contribution in [3.8, 4) is 6.07 Å². The van der Waals surface area contributed by atoms with Crippen molar-refractivity contribution in [1.29, 1.82) is 5.26 Å². The number of benzene rings is 1. The Balaban J connectivity index is 2.52. The average molecular weight is 214 g/mol. The average Bonchev–Trinajstić information content (AvgIpc) is 2.26. The van der Waals surface area contributed by atoms with Crippen LogP contribution in [-0.4, -0.2) is 18.5 Å². The molecule has 0 aromatic heterocycles. The molecule has 1 aromatic rings. The monoisotopic (exact) mass is 214 g/mol. The molecule has 0 saturated carbocycles. The Morgan fingerprint density at radius 1 is 1.50 bits per heavy atom. The fourth-order valence-corrected chi connectivity index (χ4v) is 1.51. The molecule has 0 amide bonds. The molecule has 0 aliphatic heterocycles. The van der Waals surface area contributed by atoms with Crippen molar-refractivity contribution in [2.75, 3.05) is 13.6 Å². The third-order valence-electron chi connectivity index (χ3n) is 2.43. The van der Waals surface area contributed by atoms with Gasteiger partial charge in [0.25, 0.3) is 0 Å². The minimum absolute atomic E-state index is 0.728. The van der Waals surface area contributed by atoms with Crippen LogP contribution in [0.2, 0.25) is 0 Å². The Kier molecular flexibility index (Phi) is 4.75. The number of nitrogens with zero attached hydrogens (tertiary/aromatic N) is 2. The molecule has 84 valence electrons. The van der Waals surface area contributed by atoms with Crippen LogP contribution in [0.5, 0.6) is 0 Å². The topological polar surface area (TPSA) is 27.0 Å². The molecule has 2 nitrogen and oxygen atoms in total. The maximum atomic E-state index is 8.80. The summed E-state index contributed by atoms with van der Waals surface area (Å²) in [6, 6.07) is 9.92. The highest BCUT2D eigenvalue weighted by Crippen LogP contribution is 2.07. The van der Waals surface area contributed by atoms with E-state index in [9.17, 15) is 0 Å². The highest BCUT2D eigenvalue weighted by atomic mass is 15.1. The van der Waals surface area contributed by atoms with Crippen molar-refractivity contribution >= 4 is 0 Å². The lowest BCUT2D eigenvalue weighted by Crippen LogP contribution is -2.19. The SMILES string of the molecule is C=C(C)CCN(C)Cc1cccc(C#N)c1. The molecule has 0 unspecified atom stereocenters. The van der Waals surface area contributed by atoms with Crippen LogP contribution in [0.3, 0.4) is 0 Å². The fraction of sp³-hybridized carbons (Fsp3) is 0.357. The van der Waals surface area contributed by atoms with Gasteiger partial charge in [-0.05, 0) is 38.1 Å². The third-order valence-corrected chi connectivity index (χ3v) is 2.43. The van der Waals surface area contributed by atoms with Crippen molar-refractivity contribution in [3.05, 3.63) is 47.5 Å². The number of nitriles is 1. The minimum atomic E-state index is 0.728. The maximum Gasteiger partial charge on any atom is 0.0991 e. The first kappa shape index (κ1) is 12.5. The fourth-order valence-electron chi connectivity index (χ4n) is 1.51. The molecule has 0 heterocycles. The molecular formula is C14H18N2. The Bertz CT molecular complexity index is 401. The maximum absolute atomic E-state index is 8.80. The zero-order valence-electron chi connectivity index (χ0n) is 10.0. The zero-order valence-corrected chi connectivity index (χ0v) is 10.0. The number of rotatable bonds is 5. The first-order chi connectivity index (χ1) is 7.61. The Morgan fingerprint density at radius 3 is 2.88 bits per heavy atom. The standard InChI is InChI=1S/C14H18N2/c1-12(2)7-8-16(3)11-14-6-4-5-13(9-14)10-15/h4-6,9H,1,7-8,11H2,2-3H3. The van der Waals surface area contributed by atoms with Crippen LogP contribution < -0.4 is 0 Å². The second-order valence-corrected chi connectivity index (χ2v) is 4.26. The van der Waals surface area contributed by atoms with Gasteiger partial charge in [-0.25, -0.2) is 0 Å². The van der Waals surface area contributed by atoms with Crippen LogP contribution in [-0.2, 0) is 6.54 Å². The van der Waals surface area contributed by atoms with E-state index in [1.807, 2.05) is 25.1 Å². The molecule has 0 saturated heterocycles. The summed E-state index contributed by atoms with van der Waals surface area (Å²) in [6.07, 6.45) is 1.02. The summed E-state index contributed by atoms with van der Waals surface area (Å²) < 4.78 is 0. The van der Waals surface area contributed by atoms with E-state index in [0.29, 0.717) is 0 Å². The van der Waals surface area contributed by atoms with E-state index in [1.165, 1.54) is 11.1 Å².